The molecule has 1 aromatic rings. The van der Waals surface area contributed by atoms with Crippen molar-refractivity contribution < 1.29 is 4.74 Å². The lowest BCUT2D eigenvalue weighted by atomic mass is 10.4. The largest absolute Gasteiger partial charge is 0.379 e. The monoisotopic (exact) mass is 294 g/mol. The van der Waals surface area contributed by atoms with Gasteiger partial charge < -0.3 is 19.9 Å². The van der Waals surface area contributed by atoms with Gasteiger partial charge in [0.25, 0.3) is 0 Å². The van der Waals surface area contributed by atoms with Crippen LogP contribution in [0.15, 0.2) is 23.7 Å². The molecule has 2 rings (SSSR count). The number of hydrogen-bond acceptors (Lipinski definition) is 4. The van der Waals surface area contributed by atoms with Crippen LogP contribution in [-0.4, -0.2) is 73.4 Å². The molecule has 7 heteroatoms. The number of hydrogen-bond donors (Lipinski definition) is 2. The van der Waals surface area contributed by atoms with E-state index in [1.807, 2.05) is 12.5 Å². The van der Waals surface area contributed by atoms with E-state index < -0.39 is 0 Å². The summed E-state index contributed by atoms with van der Waals surface area (Å²) < 4.78 is 7.42. The van der Waals surface area contributed by atoms with Crippen molar-refractivity contribution in [2.75, 3.05) is 53.0 Å². The molecule has 0 amide bonds. The Morgan fingerprint density at radius 1 is 1.24 bits per heavy atom. The van der Waals surface area contributed by atoms with Crippen LogP contribution in [0.5, 0.6) is 0 Å². The van der Waals surface area contributed by atoms with Crippen molar-refractivity contribution in [3.05, 3.63) is 18.7 Å². The molecule has 21 heavy (non-hydrogen) atoms. The van der Waals surface area contributed by atoms with Crippen molar-refractivity contribution in [3.63, 3.8) is 0 Å². The summed E-state index contributed by atoms with van der Waals surface area (Å²) >= 11 is 0. The van der Waals surface area contributed by atoms with Gasteiger partial charge in [-0.2, -0.15) is 0 Å². The van der Waals surface area contributed by atoms with Crippen LogP contribution in [0, 0.1) is 0 Å². The number of aliphatic imine (C=N–C) groups is 1. The van der Waals surface area contributed by atoms with E-state index in [0.717, 1.165) is 64.9 Å². The Hall–Kier alpha value is -1.60. The number of ether oxygens (including phenoxy) is 1. The predicted molar refractivity (Wildman–Crippen MR) is 83.5 cm³/mol. The maximum absolute atomic E-state index is 5.34. The Balaban J connectivity index is 1.53. The van der Waals surface area contributed by atoms with Crippen molar-refractivity contribution in [2.45, 2.75) is 13.0 Å². The molecular formula is C14H26N6O. The average Bonchev–Trinajstić information content (AvgIpc) is 3.04. The molecule has 0 aromatic carbocycles. The van der Waals surface area contributed by atoms with E-state index in [1.165, 1.54) is 0 Å². The lowest BCUT2D eigenvalue weighted by Crippen LogP contribution is -2.44. The first-order valence-corrected chi connectivity index (χ1v) is 7.59. The van der Waals surface area contributed by atoms with Crippen LogP contribution in [0.3, 0.4) is 0 Å². The van der Waals surface area contributed by atoms with Crippen LogP contribution >= 0.6 is 0 Å². The number of rotatable bonds is 7. The molecule has 0 unspecified atom stereocenters. The molecule has 118 valence electrons. The van der Waals surface area contributed by atoms with E-state index in [9.17, 15) is 0 Å². The average molecular weight is 294 g/mol. The topological polar surface area (TPSA) is 66.7 Å². The van der Waals surface area contributed by atoms with E-state index in [0.29, 0.717) is 0 Å². The predicted octanol–water partition coefficient (Wildman–Crippen LogP) is -0.230. The van der Waals surface area contributed by atoms with Crippen LogP contribution < -0.4 is 10.6 Å². The molecule has 1 aliphatic rings. The maximum Gasteiger partial charge on any atom is 0.191 e. The molecule has 1 aliphatic heterocycles. The van der Waals surface area contributed by atoms with Gasteiger partial charge in [-0.3, -0.25) is 9.89 Å². The van der Waals surface area contributed by atoms with E-state index in [2.05, 4.69) is 30.1 Å². The zero-order valence-corrected chi connectivity index (χ0v) is 12.8. The number of aryl methyl sites for hydroxylation is 1. The van der Waals surface area contributed by atoms with E-state index in [1.54, 1.807) is 13.2 Å². The van der Waals surface area contributed by atoms with E-state index in [4.69, 9.17) is 4.74 Å². The summed E-state index contributed by atoms with van der Waals surface area (Å²) in [5, 5.41) is 6.68. The number of nitrogens with one attached hydrogen (secondary N) is 2. The Morgan fingerprint density at radius 2 is 2.05 bits per heavy atom. The molecule has 2 N–H and O–H groups in total. The Labute approximate surface area is 126 Å². The van der Waals surface area contributed by atoms with E-state index in [-0.39, 0.29) is 0 Å². The fourth-order valence-corrected chi connectivity index (χ4v) is 2.27. The Bertz CT molecular complexity index is 400. The number of aromatic nitrogens is 2. The van der Waals surface area contributed by atoms with Crippen molar-refractivity contribution in [1.29, 1.82) is 0 Å². The van der Waals surface area contributed by atoms with Gasteiger partial charge in [-0.1, -0.05) is 0 Å². The molecule has 0 bridgehead atoms. The van der Waals surface area contributed by atoms with Crippen LogP contribution in [0.4, 0.5) is 0 Å². The van der Waals surface area contributed by atoms with Gasteiger partial charge in [-0.25, -0.2) is 4.98 Å². The van der Waals surface area contributed by atoms with Gasteiger partial charge in [-0.15, -0.1) is 0 Å². The van der Waals surface area contributed by atoms with Crippen molar-refractivity contribution in [2.24, 2.45) is 4.99 Å². The molecule has 1 saturated heterocycles. The van der Waals surface area contributed by atoms with Gasteiger partial charge in [0.1, 0.15) is 0 Å². The molecule has 0 spiro atoms. The third-order valence-corrected chi connectivity index (χ3v) is 3.49. The third-order valence-electron chi connectivity index (χ3n) is 3.49. The minimum atomic E-state index is 0.848. The van der Waals surface area contributed by atoms with Crippen LogP contribution in [0.1, 0.15) is 6.42 Å². The zero-order valence-electron chi connectivity index (χ0n) is 12.8. The van der Waals surface area contributed by atoms with Gasteiger partial charge in [0.05, 0.1) is 19.5 Å². The number of imidazole rings is 1. The van der Waals surface area contributed by atoms with Crippen LogP contribution in [0.2, 0.25) is 0 Å². The molecule has 2 heterocycles. The summed E-state index contributed by atoms with van der Waals surface area (Å²) in [6, 6.07) is 0. The lowest BCUT2D eigenvalue weighted by Gasteiger charge is -2.26. The van der Waals surface area contributed by atoms with Gasteiger partial charge in [-0.05, 0) is 6.42 Å². The molecule has 0 aliphatic carbocycles. The number of guanidine groups is 1. The molecule has 0 radical (unpaired) electrons. The van der Waals surface area contributed by atoms with Crippen LogP contribution in [0.25, 0.3) is 0 Å². The van der Waals surface area contributed by atoms with E-state index >= 15 is 0 Å². The summed E-state index contributed by atoms with van der Waals surface area (Å²) in [5.41, 5.74) is 0. The normalized spacial score (nSPS) is 16.9. The highest BCUT2D eigenvalue weighted by Crippen LogP contribution is 1.94. The van der Waals surface area contributed by atoms with Crippen molar-refractivity contribution in [1.82, 2.24) is 25.1 Å². The summed E-state index contributed by atoms with van der Waals surface area (Å²) in [6.07, 6.45) is 6.67. The first-order valence-electron chi connectivity index (χ1n) is 7.59. The second-order valence-corrected chi connectivity index (χ2v) is 5.03. The van der Waals surface area contributed by atoms with Crippen LogP contribution in [-0.2, 0) is 11.3 Å². The molecule has 0 saturated carbocycles. The summed E-state index contributed by atoms with van der Waals surface area (Å²) in [6.45, 7) is 7.55. The first-order chi connectivity index (χ1) is 10.4. The van der Waals surface area contributed by atoms with Gasteiger partial charge in [0, 0.05) is 58.7 Å². The summed E-state index contributed by atoms with van der Waals surface area (Å²) in [4.78, 5) is 10.7. The number of morpholine rings is 1. The lowest BCUT2D eigenvalue weighted by molar-refractivity contribution is 0.0389. The van der Waals surface area contributed by atoms with Gasteiger partial charge >= 0.3 is 0 Å². The molecule has 0 atom stereocenters. The molecule has 7 nitrogen and oxygen atoms in total. The van der Waals surface area contributed by atoms with Crippen molar-refractivity contribution >= 4 is 5.96 Å². The fraction of sp³-hybridized carbons (Fsp3) is 0.714. The highest BCUT2D eigenvalue weighted by atomic mass is 16.5. The molecule has 1 aromatic heterocycles. The number of nitrogens with zero attached hydrogens (tertiary/aromatic N) is 4. The quantitative estimate of drug-likeness (QED) is 0.413. The van der Waals surface area contributed by atoms with Gasteiger partial charge in [0.15, 0.2) is 5.96 Å². The Kier molecular flexibility index (Phi) is 7.03. The SMILES string of the molecule is CN=C(NCCCn1ccnc1)NCCN1CCOCC1. The second kappa shape index (κ2) is 9.36. The Morgan fingerprint density at radius 3 is 2.76 bits per heavy atom. The standard InChI is InChI=1S/C14H26N6O/c1-15-14(17-3-2-6-20-7-4-16-13-20)18-5-8-19-9-11-21-12-10-19/h4,7,13H,2-3,5-6,8-12H2,1H3,(H2,15,17,18). The summed E-state index contributed by atoms with van der Waals surface area (Å²) in [7, 11) is 1.81. The van der Waals surface area contributed by atoms with Gasteiger partial charge in [0.2, 0.25) is 0 Å². The minimum absolute atomic E-state index is 0.848. The minimum Gasteiger partial charge on any atom is -0.379 e. The molecule has 1 fully saturated rings. The fourth-order valence-electron chi connectivity index (χ4n) is 2.27. The molecular weight excluding hydrogens is 268 g/mol. The highest BCUT2D eigenvalue weighted by molar-refractivity contribution is 5.79. The third kappa shape index (κ3) is 6.14. The highest BCUT2D eigenvalue weighted by Gasteiger charge is 2.09. The maximum atomic E-state index is 5.34. The summed E-state index contributed by atoms with van der Waals surface area (Å²) in [5.74, 6) is 0.869. The second-order valence-electron chi connectivity index (χ2n) is 5.03. The first kappa shape index (κ1) is 15.8. The smallest absolute Gasteiger partial charge is 0.191 e. The van der Waals surface area contributed by atoms with Crippen molar-refractivity contribution in [3.8, 4) is 0 Å². The zero-order chi connectivity index (χ0) is 14.8.